The fourth-order valence-electron chi connectivity index (χ4n) is 1.91. The van der Waals surface area contributed by atoms with Gasteiger partial charge in [0.25, 0.3) is 0 Å². The van der Waals surface area contributed by atoms with Gasteiger partial charge in [0, 0.05) is 12.1 Å². The van der Waals surface area contributed by atoms with Crippen molar-refractivity contribution in [2.24, 2.45) is 0 Å². The number of anilines is 2. The Morgan fingerprint density at radius 2 is 2.00 bits per heavy atom. The zero-order valence-corrected chi connectivity index (χ0v) is 10.4. The van der Waals surface area contributed by atoms with Gasteiger partial charge in [0.2, 0.25) is 11.8 Å². The molecule has 2 amide bonds. The number of rotatable bonds is 3. The number of piperazine rings is 1. The standard InChI is InChI=1S/C12H14FN3O3/c1-2-19-10-4-9(8(14)3-7(10)13)16-5-11(17)15-12(18)6-16/h3-4H,2,5-6,14H2,1H3,(H,15,17,18). The van der Waals surface area contributed by atoms with Crippen molar-refractivity contribution in [2.45, 2.75) is 6.92 Å². The molecule has 0 saturated carbocycles. The molecule has 3 N–H and O–H groups in total. The molecule has 1 heterocycles. The monoisotopic (exact) mass is 267 g/mol. The summed E-state index contributed by atoms with van der Waals surface area (Å²) in [4.78, 5) is 24.1. The van der Waals surface area contributed by atoms with Crippen LogP contribution in [0.3, 0.4) is 0 Å². The Morgan fingerprint density at radius 3 is 2.58 bits per heavy atom. The van der Waals surface area contributed by atoms with Gasteiger partial charge >= 0.3 is 0 Å². The van der Waals surface area contributed by atoms with Gasteiger partial charge < -0.3 is 15.4 Å². The summed E-state index contributed by atoms with van der Waals surface area (Å²) in [6.45, 7) is 2.02. The van der Waals surface area contributed by atoms with Crippen LogP contribution in [-0.2, 0) is 9.59 Å². The van der Waals surface area contributed by atoms with Crippen LogP contribution < -0.4 is 20.7 Å². The number of nitrogens with one attached hydrogen (secondary N) is 1. The third-order valence-corrected chi connectivity index (χ3v) is 2.67. The highest BCUT2D eigenvalue weighted by molar-refractivity contribution is 6.03. The van der Waals surface area contributed by atoms with E-state index in [1.165, 1.54) is 11.0 Å². The van der Waals surface area contributed by atoms with Crippen molar-refractivity contribution in [1.29, 1.82) is 0 Å². The van der Waals surface area contributed by atoms with E-state index in [0.717, 1.165) is 6.07 Å². The number of carbonyl (C=O) groups excluding carboxylic acids is 2. The first-order valence-electron chi connectivity index (χ1n) is 5.80. The highest BCUT2D eigenvalue weighted by atomic mass is 19.1. The van der Waals surface area contributed by atoms with Gasteiger partial charge in [-0.3, -0.25) is 14.9 Å². The summed E-state index contributed by atoms with van der Waals surface area (Å²) in [5.41, 5.74) is 6.29. The van der Waals surface area contributed by atoms with E-state index < -0.39 is 17.6 Å². The molecule has 1 fully saturated rings. The van der Waals surface area contributed by atoms with Crippen LogP contribution in [0.5, 0.6) is 5.75 Å². The molecule has 1 aromatic carbocycles. The lowest BCUT2D eigenvalue weighted by atomic mass is 10.2. The molecule has 1 saturated heterocycles. The first-order chi connectivity index (χ1) is 9.01. The smallest absolute Gasteiger partial charge is 0.246 e. The van der Waals surface area contributed by atoms with Gasteiger partial charge in [-0.15, -0.1) is 0 Å². The molecule has 1 aliphatic rings. The maximum Gasteiger partial charge on any atom is 0.246 e. The number of carbonyl (C=O) groups is 2. The van der Waals surface area contributed by atoms with Gasteiger partial charge in [0.1, 0.15) is 0 Å². The van der Waals surface area contributed by atoms with Gasteiger partial charge in [-0.1, -0.05) is 0 Å². The number of halogens is 1. The second kappa shape index (κ2) is 5.13. The fraction of sp³-hybridized carbons (Fsp3) is 0.333. The molecule has 0 radical (unpaired) electrons. The van der Waals surface area contributed by atoms with E-state index in [1.54, 1.807) is 6.92 Å². The molecule has 0 aromatic heterocycles. The second-order valence-corrected chi connectivity index (χ2v) is 4.10. The van der Waals surface area contributed by atoms with Crippen molar-refractivity contribution >= 4 is 23.2 Å². The van der Waals surface area contributed by atoms with E-state index in [2.05, 4.69) is 5.32 Å². The summed E-state index contributed by atoms with van der Waals surface area (Å²) >= 11 is 0. The molecule has 0 spiro atoms. The van der Waals surface area contributed by atoms with Crippen LogP contribution in [0.2, 0.25) is 0 Å². The summed E-state index contributed by atoms with van der Waals surface area (Å²) in [5.74, 6) is -1.36. The lowest BCUT2D eigenvalue weighted by molar-refractivity contribution is -0.130. The SMILES string of the molecule is CCOc1cc(N2CC(=O)NC(=O)C2)c(N)cc1F. The van der Waals surface area contributed by atoms with Gasteiger partial charge in [-0.25, -0.2) is 4.39 Å². The van der Waals surface area contributed by atoms with E-state index >= 15 is 0 Å². The minimum Gasteiger partial charge on any atom is -0.491 e. The molecular weight excluding hydrogens is 253 g/mol. The van der Waals surface area contributed by atoms with Gasteiger partial charge in [0.15, 0.2) is 11.6 Å². The number of imide groups is 1. The number of amides is 2. The predicted octanol–water partition coefficient (Wildman–Crippen LogP) is 0.269. The summed E-state index contributed by atoms with van der Waals surface area (Å²) < 4.78 is 18.7. The number of nitrogens with two attached hydrogens (primary N) is 1. The summed E-state index contributed by atoms with van der Waals surface area (Å²) in [6, 6.07) is 2.53. The lowest BCUT2D eigenvalue weighted by Crippen LogP contribution is -2.51. The third kappa shape index (κ3) is 2.75. The molecule has 102 valence electrons. The van der Waals surface area contributed by atoms with Crippen molar-refractivity contribution < 1.29 is 18.7 Å². The minimum absolute atomic E-state index is 0.00681. The molecule has 2 rings (SSSR count). The highest BCUT2D eigenvalue weighted by Crippen LogP contribution is 2.31. The second-order valence-electron chi connectivity index (χ2n) is 4.10. The molecule has 1 aliphatic heterocycles. The summed E-state index contributed by atoms with van der Waals surface area (Å²) in [7, 11) is 0. The zero-order valence-electron chi connectivity index (χ0n) is 10.4. The van der Waals surface area contributed by atoms with Crippen LogP contribution in [0.15, 0.2) is 12.1 Å². The number of hydrogen-bond donors (Lipinski definition) is 2. The van der Waals surface area contributed by atoms with Crippen LogP contribution in [0.4, 0.5) is 15.8 Å². The van der Waals surface area contributed by atoms with Crippen molar-refractivity contribution in [3.63, 3.8) is 0 Å². The van der Waals surface area contributed by atoms with Gasteiger partial charge in [0.05, 0.1) is 31.1 Å². The third-order valence-electron chi connectivity index (χ3n) is 2.67. The molecule has 0 atom stereocenters. The Bertz CT molecular complexity index is 517. The average Bonchev–Trinajstić information content (AvgIpc) is 2.31. The van der Waals surface area contributed by atoms with Crippen molar-refractivity contribution in [2.75, 3.05) is 30.3 Å². The van der Waals surface area contributed by atoms with Crippen LogP contribution in [-0.4, -0.2) is 31.5 Å². The van der Waals surface area contributed by atoms with E-state index in [-0.39, 0.29) is 24.5 Å². The number of nitrogen functional groups attached to an aromatic ring is 1. The van der Waals surface area contributed by atoms with Crippen LogP contribution in [0, 0.1) is 5.82 Å². The Balaban J connectivity index is 2.35. The largest absolute Gasteiger partial charge is 0.491 e. The molecule has 0 unspecified atom stereocenters. The molecule has 0 bridgehead atoms. The maximum atomic E-state index is 13.6. The van der Waals surface area contributed by atoms with Crippen LogP contribution in [0.1, 0.15) is 6.92 Å². The number of ether oxygens (including phenoxy) is 1. The summed E-state index contributed by atoms with van der Waals surface area (Å²) in [5, 5.41) is 2.18. The van der Waals surface area contributed by atoms with Gasteiger partial charge in [-0.05, 0) is 6.92 Å². The Kier molecular flexibility index (Phi) is 3.55. The maximum absolute atomic E-state index is 13.6. The quantitative estimate of drug-likeness (QED) is 0.606. The number of nitrogens with zero attached hydrogens (tertiary/aromatic N) is 1. The molecule has 6 nitrogen and oxygen atoms in total. The average molecular weight is 267 g/mol. The Hall–Kier alpha value is -2.31. The molecule has 0 aliphatic carbocycles. The Labute approximate surface area is 109 Å². The number of hydrogen-bond acceptors (Lipinski definition) is 5. The minimum atomic E-state index is -0.573. The van der Waals surface area contributed by atoms with E-state index in [1.807, 2.05) is 0 Å². The summed E-state index contributed by atoms with van der Waals surface area (Å²) in [6.07, 6.45) is 0. The molecule has 1 aromatic rings. The lowest BCUT2D eigenvalue weighted by Gasteiger charge is -2.28. The topological polar surface area (TPSA) is 84.7 Å². The first-order valence-corrected chi connectivity index (χ1v) is 5.80. The van der Waals surface area contributed by atoms with Crippen molar-refractivity contribution in [3.05, 3.63) is 17.9 Å². The molecule has 7 heteroatoms. The first kappa shape index (κ1) is 13.1. The van der Waals surface area contributed by atoms with E-state index in [0.29, 0.717) is 12.3 Å². The molecule has 19 heavy (non-hydrogen) atoms. The fourth-order valence-corrected chi connectivity index (χ4v) is 1.91. The van der Waals surface area contributed by atoms with Crippen LogP contribution in [0.25, 0.3) is 0 Å². The van der Waals surface area contributed by atoms with Gasteiger partial charge in [-0.2, -0.15) is 0 Å². The normalized spacial score (nSPS) is 15.4. The Morgan fingerprint density at radius 1 is 1.37 bits per heavy atom. The highest BCUT2D eigenvalue weighted by Gasteiger charge is 2.25. The zero-order chi connectivity index (χ0) is 14.0. The molecular formula is C12H14FN3O3. The predicted molar refractivity (Wildman–Crippen MR) is 67.3 cm³/mol. The van der Waals surface area contributed by atoms with Crippen molar-refractivity contribution in [1.82, 2.24) is 5.32 Å². The van der Waals surface area contributed by atoms with E-state index in [4.69, 9.17) is 10.5 Å². The van der Waals surface area contributed by atoms with E-state index in [9.17, 15) is 14.0 Å². The van der Waals surface area contributed by atoms with Crippen molar-refractivity contribution in [3.8, 4) is 5.75 Å². The number of benzene rings is 1. The van der Waals surface area contributed by atoms with Crippen LogP contribution >= 0.6 is 0 Å².